The lowest BCUT2D eigenvalue weighted by Gasteiger charge is -2.33. The van der Waals surface area contributed by atoms with Crippen molar-refractivity contribution >= 4 is 27.5 Å². The summed E-state index contributed by atoms with van der Waals surface area (Å²) in [5.41, 5.74) is 1.07. The minimum absolute atomic E-state index is 0.140. The molecule has 2 atom stereocenters. The number of morpholine rings is 1. The zero-order valence-electron chi connectivity index (χ0n) is 14.0. The molecule has 2 aromatic rings. The first kappa shape index (κ1) is 16.0. The minimum Gasteiger partial charge on any atom is -0.375 e. The molecule has 0 unspecified atom stereocenters. The fourth-order valence-corrected chi connectivity index (χ4v) is 4.78. The van der Waals surface area contributed by atoms with E-state index in [1.807, 2.05) is 17.9 Å². The van der Waals surface area contributed by atoms with Crippen LogP contribution in [-0.2, 0) is 9.53 Å². The number of aromatic nitrogens is 1. The summed E-state index contributed by atoms with van der Waals surface area (Å²) >= 11 is 1.76. The average molecular weight is 345 g/mol. The van der Waals surface area contributed by atoms with Gasteiger partial charge in [0.2, 0.25) is 5.91 Å². The van der Waals surface area contributed by atoms with E-state index in [0.29, 0.717) is 26.2 Å². The van der Waals surface area contributed by atoms with Crippen LogP contribution >= 0.6 is 11.3 Å². The lowest BCUT2D eigenvalue weighted by Crippen LogP contribution is -2.48. The Balaban J connectivity index is 1.47. The van der Waals surface area contributed by atoms with E-state index in [2.05, 4.69) is 23.1 Å². The number of thiazole rings is 1. The molecular formula is C18H23N3O2S. The van der Waals surface area contributed by atoms with Gasteiger partial charge in [-0.15, -0.1) is 11.3 Å². The number of rotatable bonds is 3. The molecule has 6 heteroatoms. The molecule has 2 fully saturated rings. The lowest BCUT2D eigenvalue weighted by molar-refractivity contribution is -0.139. The van der Waals surface area contributed by atoms with Crippen molar-refractivity contribution in [3.8, 4) is 0 Å². The second-order valence-corrected chi connectivity index (χ2v) is 7.73. The van der Waals surface area contributed by atoms with Crippen molar-refractivity contribution in [2.45, 2.75) is 31.9 Å². The van der Waals surface area contributed by atoms with Crippen LogP contribution in [0.5, 0.6) is 0 Å². The number of hydrogen-bond acceptors (Lipinski definition) is 5. The third kappa shape index (κ3) is 3.18. The third-order valence-electron chi connectivity index (χ3n) is 4.89. The second kappa shape index (κ2) is 6.78. The number of carbonyl (C=O) groups is 1. The van der Waals surface area contributed by atoms with Gasteiger partial charge in [-0.1, -0.05) is 12.1 Å². The summed E-state index contributed by atoms with van der Waals surface area (Å²) in [4.78, 5) is 21.7. The van der Waals surface area contributed by atoms with Gasteiger partial charge in [0.15, 0.2) is 0 Å². The fourth-order valence-electron chi connectivity index (χ4n) is 3.65. The van der Waals surface area contributed by atoms with Crippen molar-refractivity contribution in [3.05, 3.63) is 29.3 Å². The van der Waals surface area contributed by atoms with Crippen molar-refractivity contribution < 1.29 is 9.53 Å². The molecule has 0 aliphatic carbocycles. The first-order valence-electron chi connectivity index (χ1n) is 8.69. The molecule has 0 spiro atoms. The molecule has 0 bridgehead atoms. The predicted octanol–water partition coefficient (Wildman–Crippen LogP) is 2.68. The standard InChI is InChI=1S/C18H23N3O2S/c1-13-11-21(9-10-23-13)17(22)12-20-8-4-6-15(20)18-19-14-5-2-3-7-16(14)24-18/h2-3,5,7,13,15H,4,6,8-12H2,1H3/t13-,15+/m0/s1. The van der Waals surface area contributed by atoms with E-state index in [-0.39, 0.29) is 18.1 Å². The molecule has 4 rings (SSSR count). The van der Waals surface area contributed by atoms with Crippen LogP contribution in [0.3, 0.4) is 0 Å². The molecule has 5 nitrogen and oxygen atoms in total. The Hall–Kier alpha value is -1.50. The number of hydrogen-bond donors (Lipinski definition) is 0. The Morgan fingerprint density at radius 1 is 1.38 bits per heavy atom. The number of para-hydroxylation sites is 1. The number of carbonyl (C=O) groups excluding carboxylic acids is 1. The van der Waals surface area contributed by atoms with Crippen molar-refractivity contribution in [1.82, 2.24) is 14.8 Å². The molecule has 0 radical (unpaired) electrons. The van der Waals surface area contributed by atoms with Crippen LogP contribution in [0.25, 0.3) is 10.2 Å². The highest BCUT2D eigenvalue weighted by Gasteiger charge is 2.32. The van der Waals surface area contributed by atoms with Crippen molar-refractivity contribution in [2.24, 2.45) is 0 Å². The van der Waals surface area contributed by atoms with Gasteiger partial charge in [0.1, 0.15) is 5.01 Å². The van der Waals surface area contributed by atoms with E-state index in [4.69, 9.17) is 9.72 Å². The predicted molar refractivity (Wildman–Crippen MR) is 95.2 cm³/mol. The van der Waals surface area contributed by atoms with E-state index in [1.54, 1.807) is 11.3 Å². The van der Waals surface area contributed by atoms with Gasteiger partial charge in [0.25, 0.3) is 0 Å². The molecule has 2 aliphatic heterocycles. The summed E-state index contributed by atoms with van der Waals surface area (Å²) in [5, 5.41) is 1.15. The minimum atomic E-state index is 0.140. The van der Waals surface area contributed by atoms with Crippen molar-refractivity contribution in [2.75, 3.05) is 32.8 Å². The topological polar surface area (TPSA) is 45.7 Å². The Kier molecular flexibility index (Phi) is 4.52. The number of likely N-dealkylation sites (tertiary alicyclic amines) is 1. The Morgan fingerprint density at radius 2 is 2.25 bits per heavy atom. The van der Waals surface area contributed by atoms with Crippen molar-refractivity contribution in [1.29, 1.82) is 0 Å². The molecule has 1 aromatic heterocycles. The lowest BCUT2D eigenvalue weighted by atomic mass is 10.2. The zero-order chi connectivity index (χ0) is 16.5. The second-order valence-electron chi connectivity index (χ2n) is 6.67. The highest BCUT2D eigenvalue weighted by atomic mass is 32.1. The van der Waals surface area contributed by atoms with E-state index >= 15 is 0 Å². The summed E-state index contributed by atoms with van der Waals surface area (Å²) < 4.78 is 6.77. The zero-order valence-corrected chi connectivity index (χ0v) is 14.8. The number of nitrogens with zero attached hydrogens (tertiary/aromatic N) is 3. The van der Waals surface area contributed by atoms with Crippen LogP contribution in [0.1, 0.15) is 30.8 Å². The summed E-state index contributed by atoms with van der Waals surface area (Å²) in [6.45, 7) is 5.56. The fraction of sp³-hybridized carbons (Fsp3) is 0.556. The maximum Gasteiger partial charge on any atom is 0.236 e. The van der Waals surface area contributed by atoms with Gasteiger partial charge in [-0.25, -0.2) is 4.98 Å². The van der Waals surface area contributed by atoms with E-state index in [9.17, 15) is 4.79 Å². The van der Waals surface area contributed by atoms with Gasteiger partial charge < -0.3 is 9.64 Å². The molecule has 1 amide bonds. The van der Waals surface area contributed by atoms with Crippen LogP contribution in [0.2, 0.25) is 0 Å². The van der Waals surface area contributed by atoms with Gasteiger partial charge in [-0.05, 0) is 38.4 Å². The largest absolute Gasteiger partial charge is 0.375 e. The summed E-state index contributed by atoms with van der Waals surface area (Å²) in [7, 11) is 0. The van der Waals surface area contributed by atoms with E-state index in [0.717, 1.165) is 29.9 Å². The number of fused-ring (bicyclic) bond motifs is 1. The maximum absolute atomic E-state index is 12.7. The van der Waals surface area contributed by atoms with Crippen LogP contribution in [0, 0.1) is 0 Å². The molecule has 24 heavy (non-hydrogen) atoms. The Morgan fingerprint density at radius 3 is 3.08 bits per heavy atom. The van der Waals surface area contributed by atoms with E-state index in [1.165, 1.54) is 4.70 Å². The normalized spacial score (nSPS) is 25.5. The molecule has 3 heterocycles. The SMILES string of the molecule is C[C@H]1CN(C(=O)CN2CCC[C@@H]2c2nc3ccccc3s2)CCO1. The molecular weight excluding hydrogens is 322 g/mol. The first-order valence-corrected chi connectivity index (χ1v) is 9.51. The Labute approximate surface area is 146 Å². The number of benzene rings is 1. The summed E-state index contributed by atoms with van der Waals surface area (Å²) in [6, 6.07) is 8.55. The Bertz CT molecular complexity index is 699. The molecule has 0 saturated carbocycles. The molecule has 1 aromatic carbocycles. The summed E-state index contributed by atoms with van der Waals surface area (Å²) in [5.74, 6) is 0.221. The van der Waals surface area contributed by atoms with Gasteiger partial charge in [0, 0.05) is 13.1 Å². The smallest absolute Gasteiger partial charge is 0.236 e. The third-order valence-corrected chi connectivity index (χ3v) is 6.03. The quantitative estimate of drug-likeness (QED) is 0.858. The molecule has 2 aliphatic rings. The van der Waals surface area contributed by atoms with Crippen molar-refractivity contribution in [3.63, 3.8) is 0 Å². The highest BCUT2D eigenvalue weighted by Crippen LogP contribution is 2.36. The van der Waals surface area contributed by atoms with Crippen LogP contribution < -0.4 is 0 Å². The first-order chi connectivity index (χ1) is 11.7. The number of amides is 1. The number of ether oxygens (including phenoxy) is 1. The monoisotopic (exact) mass is 345 g/mol. The van der Waals surface area contributed by atoms with Crippen LogP contribution in [-0.4, -0.2) is 59.6 Å². The van der Waals surface area contributed by atoms with Gasteiger partial charge in [-0.2, -0.15) is 0 Å². The van der Waals surface area contributed by atoms with E-state index < -0.39 is 0 Å². The maximum atomic E-state index is 12.7. The van der Waals surface area contributed by atoms with Crippen LogP contribution in [0.4, 0.5) is 0 Å². The van der Waals surface area contributed by atoms with Gasteiger partial charge >= 0.3 is 0 Å². The summed E-state index contributed by atoms with van der Waals surface area (Å²) in [6.07, 6.45) is 2.36. The average Bonchev–Trinajstić information content (AvgIpc) is 3.20. The van der Waals surface area contributed by atoms with Gasteiger partial charge in [0.05, 0.1) is 35.5 Å². The molecule has 0 N–H and O–H groups in total. The van der Waals surface area contributed by atoms with Gasteiger partial charge in [-0.3, -0.25) is 9.69 Å². The molecule has 128 valence electrons. The molecule has 2 saturated heterocycles. The van der Waals surface area contributed by atoms with Crippen LogP contribution in [0.15, 0.2) is 24.3 Å². The highest BCUT2D eigenvalue weighted by molar-refractivity contribution is 7.18.